The molecule has 0 unspecified atom stereocenters. The number of ketones is 1. The molecule has 5 aliphatic carbocycles. The van der Waals surface area contributed by atoms with E-state index >= 15 is 9.59 Å². The Kier molecular flexibility index (Phi) is 13.7. The molecule has 1 aromatic heterocycles. The molecular weight excluding hydrogens is 901 g/mol. The molecule has 0 spiro atoms. The van der Waals surface area contributed by atoms with E-state index in [0.717, 1.165) is 36.0 Å². The molecule has 11 atom stereocenters. The lowest BCUT2D eigenvalue weighted by molar-refractivity contribution is -0.226. The Bertz CT molecular complexity index is 2580. The fourth-order valence-electron chi connectivity index (χ4n) is 14.5. The monoisotopic (exact) mass is 977 g/mol. The Morgan fingerprint density at radius 2 is 1.39 bits per heavy atom. The summed E-state index contributed by atoms with van der Waals surface area (Å²) in [5, 5.41) is 0. The topological polar surface area (TPSA) is 166 Å². The third-order valence-corrected chi connectivity index (χ3v) is 18.9. The van der Waals surface area contributed by atoms with E-state index < -0.39 is 86.4 Å². The minimum atomic E-state index is -1.45. The first-order valence-electron chi connectivity index (χ1n) is 25.9. The van der Waals surface area contributed by atoms with Gasteiger partial charge in [0.25, 0.3) is 0 Å². The third kappa shape index (κ3) is 9.17. The van der Waals surface area contributed by atoms with Crippen LogP contribution in [0.1, 0.15) is 169 Å². The highest BCUT2D eigenvalue weighted by atomic mass is 16.6. The van der Waals surface area contributed by atoms with Gasteiger partial charge in [-0.2, -0.15) is 0 Å². The van der Waals surface area contributed by atoms with Crippen molar-refractivity contribution in [1.82, 2.24) is 0 Å². The van der Waals surface area contributed by atoms with Crippen LogP contribution in [0.2, 0.25) is 0 Å². The van der Waals surface area contributed by atoms with Gasteiger partial charge in [-0.15, -0.1) is 0 Å². The molecule has 0 bridgehead atoms. The van der Waals surface area contributed by atoms with Crippen molar-refractivity contribution < 1.29 is 51.8 Å². The average Bonchev–Trinajstić information content (AvgIpc) is 3.63. The summed E-state index contributed by atoms with van der Waals surface area (Å²) in [6.45, 7) is 23.1. The molecule has 3 aromatic rings. The van der Waals surface area contributed by atoms with Crippen molar-refractivity contribution in [3.8, 4) is 0 Å². The van der Waals surface area contributed by atoms with Gasteiger partial charge in [0.1, 0.15) is 17.1 Å². The lowest BCUT2D eigenvalue weighted by Gasteiger charge is -2.70. The van der Waals surface area contributed by atoms with Crippen LogP contribution < -0.4 is 5.82 Å². The van der Waals surface area contributed by atoms with E-state index in [1.807, 2.05) is 87.5 Å². The molecule has 0 aliphatic heterocycles. The van der Waals surface area contributed by atoms with Crippen LogP contribution in [-0.4, -0.2) is 41.4 Å². The molecule has 1 heterocycles. The first kappa shape index (κ1) is 52.1. The van der Waals surface area contributed by atoms with Gasteiger partial charge in [-0.05, 0) is 156 Å². The van der Waals surface area contributed by atoms with Crippen LogP contribution in [0.25, 0.3) is 0 Å². The summed E-state index contributed by atoms with van der Waals surface area (Å²) >= 11 is 0. The SMILES string of the molecule is Cc1oc(=O)oc1COC(=O)[C@]1(C)[C@@H](OC(=O)[C@@H](CC(=O)OC(C)(C)C)C(C)C)CC[C@@]2(C)[C@H]1CC[C@]1(C)[C@@H]2C(=O)C=C2[C@@H]3C[C@@](C)(C(=O)OC(c4ccccc4)c4ccccc4)CC[C@]3(C)CC[C@]21C. The van der Waals surface area contributed by atoms with E-state index in [0.29, 0.717) is 32.1 Å². The Balaban J connectivity index is 1.11. The molecule has 12 heteroatoms. The number of esters is 4. The molecule has 0 N–H and O–H groups in total. The van der Waals surface area contributed by atoms with Gasteiger partial charge in [0, 0.05) is 5.92 Å². The van der Waals surface area contributed by atoms with E-state index in [4.69, 9.17) is 27.8 Å². The molecule has 4 fully saturated rings. The third-order valence-electron chi connectivity index (χ3n) is 18.9. The maximum absolute atomic E-state index is 15.5. The van der Waals surface area contributed by atoms with Crippen LogP contribution in [0.4, 0.5) is 0 Å². The van der Waals surface area contributed by atoms with E-state index in [2.05, 4.69) is 27.7 Å². The second kappa shape index (κ2) is 18.7. The summed E-state index contributed by atoms with van der Waals surface area (Å²) in [7, 11) is 0. The number of carbonyl (C=O) groups excluding carboxylic acids is 5. The number of allylic oxidation sites excluding steroid dienone is 2. The molecule has 4 saturated carbocycles. The molecular formula is C59H76O12. The predicted octanol–water partition coefficient (Wildman–Crippen LogP) is 11.8. The highest BCUT2D eigenvalue weighted by Crippen LogP contribution is 2.75. The zero-order chi connectivity index (χ0) is 51.7. The number of fused-ring (bicyclic) bond motifs is 7. The van der Waals surface area contributed by atoms with Crippen molar-refractivity contribution in [1.29, 1.82) is 0 Å². The number of ether oxygens (including phenoxy) is 4. The summed E-state index contributed by atoms with van der Waals surface area (Å²) in [5.74, 6) is -4.74. The summed E-state index contributed by atoms with van der Waals surface area (Å²) in [5.41, 5.74) is -1.86. The second-order valence-electron chi connectivity index (χ2n) is 24.8. The van der Waals surface area contributed by atoms with Crippen molar-refractivity contribution >= 4 is 29.7 Å². The molecule has 8 rings (SSSR count). The molecule has 0 saturated heterocycles. The predicted molar refractivity (Wildman–Crippen MR) is 265 cm³/mol. The number of aryl methyl sites for hydroxylation is 1. The van der Waals surface area contributed by atoms with Gasteiger partial charge >= 0.3 is 29.7 Å². The van der Waals surface area contributed by atoms with Gasteiger partial charge in [-0.3, -0.25) is 24.0 Å². The minimum Gasteiger partial charge on any atom is -0.461 e. The van der Waals surface area contributed by atoms with E-state index in [1.165, 1.54) is 0 Å². The Morgan fingerprint density at radius 1 is 0.775 bits per heavy atom. The van der Waals surface area contributed by atoms with E-state index in [-0.39, 0.29) is 60.0 Å². The first-order chi connectivity index (χ1) is 33.2. The number of hydrogen-bond acceptors (Lipinski definition) is 12. The highest BCUT2D eigenvalue weighted by molar-refractivity contribution is 5.96. The second-order valence-corrected chi connectivity index (χ2v) is 24.8. The molecule has 12 nitrogen and oxygen atoms in total. The molecule has 0 amide bonds. The van der Waals surface area contributed by atoms with Crippen molar-refractivity contribution in [3.05, 3.63) is 106 Å². The Labute approximate surface area is 419 Å². The summed E-state index contributed by atoms with van der Waals surface area (Å²) < 4.78 is 35.0. The molecule has 2 aromatic carbocycles. The largest absolute Gasteiger partial charge is 0.519 e. The van der Waals surface area contributed by atoms with Crippen LogP contribution in [0.3, 0.4) is 0 Å². The zero-order valence-corrected chi connectivity index (χ0v) is 44.1. The maximum Gasteiger partial charge on any atom is 0.519 e. The molecule has 0 radical (unpaired) electrons. The lowest BCUT2D eigenvalue weighted by Crippen LogP contribution is -2.68. The number of carbonyl (C=O) groups is 5. The van der Waals surface area contributed by atoms with Gasteiger partial charge in [0.15, 0.2) is 30.0 Å². The standard InChI is InChI=1S/C59H76O12/c1-35(2)39(31-46(61)71-53(4,5)6)49(62)69-45-24-25-56(9)44(59(45,12)51(64)66-34-43-36(3)67-52(65)68-43)23-26-58(11)48(56)42(60)32-40-41-33-55(8,28-27-54(41,7)29-30-57(40,58)10)50(63)70-47(37-19-15-13-16-20-37)38-21-17-14-18-22-38/h13-22,32,35,39,41,44-45,47-48H,23-31,33-34H2,1-12H3/t39-,41-,44+,45-,48+,54+,55-,56-,57+,58+,59-/m0/s1. The van der Waals surface area contributed by atoms with Crippen molar-refractivity contribution in [2.24, 2.45) is 62.1 Å². The highest BCUT2D eigenvalue weighted by Gasteiger charge is 2.72. The summed E-state index contributed by atoms with van der Waals surface area (Å²) in [4.78, 5) is 84.7. The van der Waals surface area contributed by atoms with E-state index in [9.17, 15) is 19.2 Å². The van der Waals surface area contributed by atoms with Gasteiger partial charge < -0.3 is 27.8 Å². The van der Waals surface area contributed by atoms with Crippen LogP contribution in [0.5, 0.6) is 0 Å². The van der Waals surface area contributed by atoms with Crippen molar-refractivity contribution in [2.75, 3.05) is 0 Å². The van der Waals surface area contributed by atoms with Gasteiger partial charge in [0.05, 0.1) is 17.8 Å². The lowest BCUT2D eigenvalue weighted by atomic mass is 9.33. The Hall–Kier alpha value is -5.26. The van der Waals surface area contributed by atoms with Crippen molar-refractivity contribution in [3.63, 3.8) is 0 Å². The quantitative estimate of drug-likeness (QED) is 0.125. The normalized spacial score (nSPS) is 33.9. The van der Waals surface area contributed by atoms with Crippen LogP contribution >= 0.6 is 0 Å². The van der Waals surface area contributed by atoms with Crippen LogP contribution in [0, 0.1) is 69.0 Å². The van der Waals surface area contributed by atoms with Gasteiger partial charge in [-0.1, -0.05) is 108 Å². The number of hydrogen-bond donors (Lipinski definition) is 0. The fraction of sp³-hybridized carbons (Fsp3) is 0.627. The van der Waals surface area contributed by atoms with Crippen molar-refractivity contribution in [2.45, 2.75) is 172 Å². The first-order valence-corrected chi connectivity index (χ1v) is 25.9. The number of benzene rings is 2. The Morgan fingerprint density at radius 3 is 1.97 bits per heavy atom. The van der Waals surface area contributed by atoms with E-state index in [1.54, 1.807) is 34.6 Å². The van der Waals surface area contributed by atoms with Gasteiger partial charge in [-0.25, -0.2) is 4.79 Å². The average molecular weight is 977 g/mol. The van der Waals surface area contributed by atoms with Crippen LogP contribution in [0.15, 0.2) is 85.9 Å². The van der Waals surface area contributed by atoms with Crippen LogP contribution in [-0.2, 0) is 49.5 Å². The molecule has 71 heavy (non-hydrogen) atoms. The summed E-state index contributed by atoms with van der Waals surface area (Å²) in [6, 6.07) is 19.7. The zero-order valence-electron chi connectivity index (χ0n) is 44.1. The minimum absolute atomic E-state index is 0.0266. The smallest absolute Gasteiger partial charge is 0.461 e. The summed E-state index contributed by atoms with van der Waals surface area (Å²) in [6.07, 6.45) is 6.02. The van der Waals surface area contributed by atoms with Gasteiger partial charge in [0.2, 0.25) is 0 Å². The molecule has 384 valence electrons. The number of rotatable bonds is 12. The maximum atomic E-state index is 15.5. The molecule has 5 aliphatic rings. The fourth-order valence-corrected chi connectivity index (χ4v) is 14.5.